The molecule has 1 fully saturated rings. The van der Waals surface area contributed by atoms with Crippen LogP contribution in [0.3, 0.4) is 0 Å². The van der Waals surface area contributed by atoms with E-state index in [1.807, 2.05) is 24.3 Å². The van der Waals surface area contributed by atoms with Crippen LogP contribution in [0.2, 0.25) is 0 Å². The van der Waals surface area contributed by atoms with Gasteiger partial charge in [0.05, 0.1) is 26.4 Å². The zero-order chi connectivity index (χ0) is 20.6. The van der Waals surface area contributed by atoms with Crippen molar-refractivity contribution < 1.29 is 18.7 Å². The summed E-state index contributed by atoms with van der Waals surface area (Å²) < 4.78 is 24.7. The van der Waals surface area contributed by atoms with Gasteiger partial charge in [0.15, 0.2) is 0 Å². The first-order valence-electron chi connectivity index (χ1n) is 9.75. The van der Waals surface area contributed by atoms with E-state index in [1.54, 1.807) is 38.3 Å². The molecule has 1 saturated heterocycles. The van der Waals surface area contributed by atoms with Gasteiger partial charge >= 0.3 is 0 Å². The summed E-state index contributed by atoms with van der Waals surface area (Å²) in [6.07, 6.45) is 1.57. The number of carbonyl (C=O) groups excluding carboxylic acids is 1. The molecule has 29 heavy (non-hydrogen) atoms. The number of carbonyl (C=O) groups is 1. The van der Waals surface area contributed by atoms with E-state index in [2.05, 4.69) is 10.2 Å². The molecule has 0 spiro atoms. The number of nitrogens with one attached hydrogen (secondary N) is 1. The normalized spacial score (nSPS) is 16.3. The Kier molecular flexibility index (Phi) is 7.38. The van der Waals surface area contributed by atoms with E-state index in [-0.39, 0.29) is 17.8 Å². The molecule has 5 nitrogen and oxygen atoms in total. The van der Waals surface area contributed by atoms with Gasteiger partial charge in [-0.2, -0.15) is 0 Å². The molecule has 1 aliphatic heterocycles. The van der Waals surface area contributed by atoms with Gasteiger partial charge in [0, 0.05) is 30.8 Å². The first-order valence-corrected chi connectivity index (χ1v) is 9.75. The van der Waals surface area contributed by atoms with E-state index in [4.69, 9.17) is 9.47 Å². The third kappa shape index (κ3) is 5.65. The van der Waals surface area contributed by atoms with Gasteiger partial charge in [-0.3, -0.25) is 9.69 Å². The molecule has 154 valence electrons. The highest BCUT2D eigenvalue weighted by atomic mass is 19.1. The van der Waals surface area contributed by atoms with Crippen molar-refractivity contribution in [2.45, 2.75) is 13.0 Å². The van der Waals surface area contributed by atoms with E-state index in [0.29, 0.717) is 30.9 Å². The Hall–Kier alpha value is -2.70. The number of methoxy groups -OCH3 is 1. The summed E-state index contributed by atoms with van der Waals surface area (Å²) in [6.45, 7) is 5.05. The van der Waals surface area contributed by atoms with Crippen molar-refractivity contribution in [3.63, 3.8) is 0 Å². The lowest BCUT2D eigenvalue weighted by Crippen LogP contribution is -2.44. The Morgan fingerprint density at radius 2 is 2.00 bits per heavy atom. The average Bonchev–Trinajstić information content (AvgIpc) is 2.76. The van der Waals surface area contributed by atoms with Crippen LogP contribution in [-0.2, 0) is 9.53 Å². The second-order valence-electron chi connectivity index (χ2n) is 7.00. The fourth-order valence-corrected chi connectivity index (χ4v) is 3.42. The molecule has 1 atom stereocenters. The molecule has 0 saturated carbocycles. The van der Waals surface area contributed by atoms with Crippen LogP contribution in [0.1, 0.15) is 24.1 Å². The van der Waals surface area contributed by atoms with Crippen LogP contribution in [-0.4, -0.2) is 50.8 Å². The average molecular weight is 398 g/mol. The molecule has 2 aromatic carbocycles. The van der Waals surface area contributed by atoms with Crippen molar-refractivity contribution in [2.75, 3.05) is 40.0 Å². The Bertz CT molecular complexity index is 863. The van der Waals surface area contributed by atoms with Crippen LogP contribution < -0.4 is 10.1 Å². The number of morpholine rings is 1. The fraction of sp³-hybridized carbons (Fsp3) is 0.348. The summed E-state index contributed by atoms with van der Waals surface area (Å²) in [6, 6.07) is 14.3. The molecule has 3 rings (SSSR count). The van der Waals surface area contributed by atoms with Crippen LogP contribution in [0.5, 0.6) is 5.75 Å². The molecule has 0 radical (unpaired) electrons. The molecular formula is C23H27FN2O3. The van der Waals surface area contributed by atoms with Gasteiger partial charge in [-0.05, 0) is 36.8 Å². The first kappa shape index (κ1) is 21.0. The van der Waals surface area contributed by atoms with Crippen molar-refractivity contribution in [1.29, 1.82) is 0 Å². The van der Waals surface area contributed by atoms with Crippen molar-refractivity contribution in [1.82, 2.24) is 10.2 Å². The molecule has 1 unspecified atom stereocenters. The number of ether oxygens (including phenoxy) is 2. The maximum atomic E-state index is 13.9. The molecule has 1 aliphatic rings. The highest BCUT2D eigenvalue weighted by Crippen LogP contribution is 2.25. The molecule has 0 bridgehead atoms. The number of amides is 1. The summed E-state index contributed by atoms with van der Waals surface area (Å²) in [7, 11) is 1.64. The van der Waals surface area contributed by atoms with Crippen molar-refractivity contribution >= 4 is 12.0 Å². The number of hydrogen-bond donors (Lipinski definition) is 1. The summed E-state index contributed by atoms with van der Waals surface area (Å²) in [5.74, 6) is 0.222. The number of halogens is 1. The molecule has 1 amide bonds. The maximum Gasteiger partial charge on any atom is 0.247 e. The molecule has 2 aromatic rings. The predicted molar refractivity (Wildman–Crippen MR) is 111 cm³/mol. The number of rotatable bonds is 7. The van der Waals surface area contributed by atoms with E-state index < -0.39 is 0 Å². The lowest BCUT2D eigenvalue weighted by atomic mass is 10.0. The van der Waals surface area contributed by atoms with Crippen molar-refractivity contribution in [3.05, 3.63) is 71.0 Å². The molecule has 1 heterocycles. The van der Waals surface area contributed by atoms with Gasteiger partial charge in [-0.1, -0.05) is 30.3 Å². The Morgan fingerprint density at radius 1 is 1.24 bits per heavy atom. The molecule has 0 aromatic heterocycles. The minimum absolute atomic E-state index is 0.000730. The Labute approximate surface area is 171 Å². The second kappa shape index (κ2) is 10.2. The van der Waals surface area contributed by atoms with Crippen LogP contribution in [0, 0.1) is 5.82 Å². The quantitative estimate of drug-likeness (QED) is 0.726. The van der Waals surface area contributed by atoms with Crippen LogP contribution >= 0.6 is 0 Å². The monoisotopic (exact) mass is 398 g/mol. The lowest BCUT2D eigenvalue weighted by Gasteiger charge is -2.35. The third-order valence-electron chi connectivity index (χ3n) is 5.06. The highest BCUT2D eigenvalue weighted by Gasteiger charge is 2.23. The summed E-state index contributed by atoms with van der Waals surface area (Å²) in [5, 5.41) is 3.00. The van der Waals surface area contributed by atoms with E-state index >= 15 is 0 Å². The van der Waals surface area contributed by atoms with E-state index in [1.165, 1.54) is 6.07 Å². The smallest absolute Gasteiger partial charge is 0.247 e. The fourth-order valence-electron chi connectivity index (χ4n) is 3.42. The van der Waals surface area contributed by atoms with Gasteiger partial charge in [0.25, 0.3) is 0 Å². The van der Waals surface area contributed by atoms with Gasteiger partial charge in [0.1, 0.15) is 11.6 Å². The zero-order valence-corrected chi connectivity index (χ0v) is 16.9. The van der Waals surface area contributed by atoms with E-state index in [0.717, 1.165) is 24.4 Å². The second-order valence-corrected chi connectivity index (χ2v) is 7.00. The Morgan fingerprint density at radius 3 is 2.72 bits per heavy atom. The van der Waals surface area contributed by atoms with Gasteiger partial charge in [-0.15, -0.1) is 0 Å². The van der Waals surface area contributed by atoms with Crippen molar-refractivity contribution in [2.24, 2.45) is 0 Å². The summed E-state index contributed by atoms with van der Waals surface area (Å²) in [4.78, 5) is 14.9. The van der Waals surface area contributed by atoms with Crippen LogP contribution in [0.25, 0.3) is 6.08 Å². The molecule has 6 heteroatoms. The summed E-state index contributed by atoms with van der Waals surface area (Å²) >= 11 is 0. The third-order valence-corrected chi connectivity index (χ3v) is 5.06. The minimum atomic E-state index is -0.345. The number of nitrogens with zero attached hydrogens (tertiary/aromatic N) is 1. The highest BCUT2D eigenvalue weighted by molar-refractivity contribution is 5.97. The van der Waals surface area contributed by atoms with Crippen LogP contribution in [0.4, 0.5) is 4.39 Å². The van der Waals surface area contributed by atoms with Gasteiger partial charge < -0.3 is 14.8 Å². The first-order chi connectivity index (χ1) is 14.1. The summed E-state index contributed by atoms with van der Waals surface area (Å²) in [5.41, 5.74) is 1.93. The number of hydrogen-bond acceptors (Lipinski definition) is 4. The topological polar surface area (TPSA) is 50.8 Å². The molecular weight excluding hydrogens is 371 g/mol. The minimum Gasteiger partial charge on any atom is -0.497 e. The van der Waals surface area contributed by atoms with Crippen LogP contribution in [0.15, 0.2) is 54.1 Å². The predicted octanol–water partition coefficient (Wildman–Crippen LogP) is 3.43. The molecule has 0 aliphatic carbocycles. The largest absolute Gasteiger partial charge is 0.497 e. The SMILES string of the molecule is COc1cccc(C(CNC(=O)/C(C)=C/c2ccccc2F)N2CCOCC2)c1. The molecule has 1 N–H and O–H groups in total. The Balaban J connectivity index is 1.73. The lowest BCUT2D eigenvalue weighted by molar-refractivity contribution is -0.117. The maximum absolute atomic E-state index is 13.9. The van der Waals surface area contributed by atoms with Gasteiger partial charge in [0.2, 0.25) is 5.91 Å². The standard InChI is InChI=1S/C23H27FN2O3/c1-17(14-18-6-3-4-9-21(18)24)23(27)25-16-22(26-10-12-29-13-11-26)19-7-5-8-20(15-19)28-2/h3-9,14-15,22H,10-13,16H2,1-2H3,(H,25,27)/b17-14+. The van der Waals surface area contributed by atoms with Crippen molar-refractivity contribution in [3.8, 4) is 5.75 Å². The zero-order valence-electron chi connectivity index (χ0n) is 16.9. The van der Waals surface area contributed by atoms with Gasteiger partial charge in [-0.25, -0.2) is 4.39 Å². The van der Waals surface area contributed by atoms with E-state index in [9.17, 15) is 9.18 Å². The number of benzene rings is 2.